The molecule has 0 fully saturated rings. The Bertz CT molecular complexity index is 1540. The SMILES string of the molecule is O=C(NC(CCCCNc1ncc[nH]1)(NS(=O)(=O)c1c(Cl)cccc1Cl)C(=O)O)c1ccc2[nH]ncc2c1. The minimum absolute atomic E-state index is 0.110. The standard InChI is InChI=1S/C23H23Cl2N7O5S/c24-16-4-3-5-17(25)19(16)38(36,37)32-23(21(34)35,8-1-2-9-26-22-27-10-11-28-22)30-20(33)14-6-7-18-15(12-14)13-29-31-18/h3-7,10-13,32H,1-2,8-9H2,(H,29,31)(H,30,33)(H,34,35)(H2,26,27,28). The first-order chi connectivity index (χ1) is 18.1. The Balaban J connectivity index is 1.62. The van der Waals surface area contributed by atoms with Gasteiger partial charge in [-0.05, 0) is 49.6 Å². The summed E-state index contributed by atoms with van der Waals surface area (Å²) in [5.74, 6) is -1.88. The quantitative estimate of drug-likeness (QED) is 0.109. The van der Waals surface area contributed by atoms with Gasteiger partial charge in [0.2, 0.25) is 15.7 Å². The van der Waals surface area contributed by atoms with Crippen molar-refractivity contribution in [3.05, 3.63) is 70.6 Å². The summed E-state index contributed by atoms with van der Waals surface area (Å²) in [7, 11) is -4.61. The van der Waals surface area contributed by atoms with Crippen LogP contribution >= 0.6 is 23.2 Å². The number of hydrogen-bond donors (Lipinski definition) is 6. The second-order valence-corrected chi connectivity index (χ2v) is 10.7. The number of fused-ring (bicyclic) bond motifs is 1. The minimum atomic E-state index is -4.61. The third-order valence-electron chi connectivity index (χ3n) is 5.66. The fraction of sp³-hybridized carbons (Fsp3) is 0.217. The van der Waals surface area contributed by atoms with Crippen molar-refractivity contribution in [2.75, 3.05) is 11.9 Å². The van der Waals surface area contributed by atoms with Crippen molar-refractivity contribution in [1.82, 2.24) is 30.2 Å². The van der Waals surface area contributed by atoms with E-state index < -0.39 is 32.5 Å². The van der Waals surface area contributed by atoms with Crippen molar-refractivity contribution >= 4 is 62.0 Å². The van der Waals surface area contributed by atoms with Gasteiger partial charge in [-0.15, -0.1) is 0 Å². The second-order valence-electron chi connectivity index (χ2n) is 8.31. The lowest BCUT2D eigenvalue weighted by Gasteiger charge is -2.31. The Kier molecular flexibility index (Phi) is 8.21. The maximum atomic E-state index is 13.4. The third kappa shape index (κ3) is 6.07. The zero-order valence-electron chi connectivity index (χ0n) is 19.7. The molecule has 1 atom stereocenters. The molecule has 1 amide bonds. The number of sulfonamides is 1. The number of imidazole rings is 1. The van der Waals surface area contributed by atoms with Crippen LogP contribution in [0.4, 0.5) is 5.95 Å². The Hall–Kier alpha value is -3.65. The Morgan fingerprint density at radius 2 is 1.87 bits per heavy atom. The van der Waals surface area contributed by atoms with Gasteiger partial charge in [0.1, 0.15) is 4.90 Å². The van der Waals surface area contributed by atoms with Crippen LogP contribution in [0, 0.1) is 0 Å². The predicted molar refractivity (Wildman–Crippen MR) is 142 cm³/mol. The van der Waals surface area contributed by atoms with E-state index in [4.69, 9.17) is 23.2 Å². The van der Waals surface area contributed by atoms with Crippen molar-refractivity contribution < 1.29 is 23.1 Å². The van der Waals surface area contributed by atoms with Gasteiger partial charge in [0.25, 0.3) is 5.91 Å². The summed E-state index contributed by atoms with van der Waals surface area (Å²) in [6.07, 6.45) is 5.07. The van der Waals surface area contributed by atoms with Gasteiger partial charge in [-0.1, -0.05) is 29.3 Å². The number of benzene rings is 2. The maximum Gasteiger partial charge on any atom is 0.345 e. The van der Waals surface area contributed by atoms with E-state index in [0.29, 0.717) is 29.8 Å². The fourth-order valence-corrected chi connectivity index (χ4v) is 6.25. The van der Waals surface area contributed by atoms with E-state index in [2.05, 4.69) is 35.5 Å². The summed E-state index contributed by atoms with van der Waals surface area (Å²) in [6.45, 7) is 0.414. The van der Waals surface area contributed by atoms with Crippen molar-refractivity contribution in [1.29, 1.82) is 0 Å². The molecule has 0 bridgehead atoms. The summed E-state index contributed by atoms with van der Waals surface area (Å²) >= 11 is 12.2. The molecule has 0 saturated carbocycles. The molecule has 15 heteroatoms. The van der Waals surface area contributed by atoms with Crippen molar-refractivity contribution in [3.63, 3.8) is 0 Å². The molecule has 2 heterocycles. The summed E-state index contributed by atoms with van der Waals surface area (Å²) in [4.78, 5) is 32.3. The first-order valence-corrected chi connectivity index (χ1v) is 13.6. The predicted octanol–water partition coefficient (Wildman–Crippen LogP) is 3.36. The lowest BCUT2D eigenvalue weighted by Crippen LogP contribution is -2.65. The van der Waals surface area contributed by atoms with Gasteiger partial charge in [0, 0.05) is 29.9 Å². The number of nitrogens with one attached hydrogen (secondary N) is 5. The van der Waals surface area contributed by atoms with Crippen LogP contribution in [0.1, 0.15) is 29.6 Å². The zero-order valence-corrected chi connectivity index (χ0v) is 22.0. The molecule has 12 nitrogen and oxygen atoms in total. The molecule has 0 spiro atoms. The Morgan fingerprint density at radius 3 is 2.55 bits per heavy atom. The number of aromatic amines is 2. The van der Waals surface area contributed by atoms with Gasteiger partial charge in [-0.2, -0.15) is 9.82 Å². The van der Waals surface area contributed by atoms with E-state index in [1.54, 1.807) is 18.5 Å². The minimum Gasteiger partial charge on any atom is -0.478 e. The van der Waals surface area contributed by atoms with Crippen LogP contribution in [0.15, 0.2) is 59.9 Å². The van der Waals surface area contributed by atoms with Crippen LogP contribution in [0.2, 0.25) is 10.0 Å². The molecular formula is C23H23Cl2N7O5S. The van der Waals surface area contributed by atoms with Crippen LogP contribution in [0.5, 0.6) is 0 Å². The van der Waals surface area contributed by atoms with E-state index in [0.717, 1.165) is 0 Å². The normalized spacial score (nSPS) is 13.2. The van der Waals surface area contributed by atoms with Crippen molar-refractivity contribution in [3.8, 4) is 0 Å². The topological polar surface area (TPSA) is 182 Å². The zero-order chi connectivity index (χ0) is 27.3. The van der Waals surface area contributed by atoms with Crippen LogP contribution in [-0.4, -0.2) is 57.8 Å². The fourth-order valence-electron chi connectivity index (χ4n) is 3.80. The average molecular weight is 580 g/mol. The average Bonchev–Trinajstić information content (AvgIpc) is 3.54. The van der Waals surface area contributed by atoms with E-state index in [9.17, 15) is 23.1 Å². The number of unbranched alkanes of at least 4 members (excludes halogenated alkanes) is 1. The number of carboxylic acid groups (broad SMARTS) is 1. The van der Waals surface area contributed by atoms with E-state index in [1.807, 2.05) is 0 Å². The molecule has 200 valence electrons. The number of amides is 1. The summed E-state index contributed by atoms with van der Waals surface area (Å²) < 4.78 is 28.9. The number of carboxylic acids is 1. The lowest BCUT2D eigenvalue weighted by atomic mass is 10.0. The van der Waals surface area contributed by atoms with Crippen LogP contribution < -0.4 is 15.4 Å². The molecule has 0 radical (unpaired) electrons. The van der Waals surface area contributed by atoms with E-state index in [-0.39, 0.29) is 28.5 Å². The molecule has 0 aliphatic heterocycles. The number of aromatic nitrogens is 4. The Labute approximate surface area is 227 Å². The van der Waals surface area contributed by atoms with Gasteiger partial charge < -0.3 is 20.7 Å². The number of H-pyrrole nitrogens is 2. The highest BCUT2D eigenvalue weighted by molar-refractivity contribution is 7.89. The molecule has 38 heavy (non-hydrogen) atoms. The Morgan fingerprint density at radius 1 is 1.11 bits per heavy atom. The monoisotopic (exact) mass is 579 g/mol. The van der Waals surface area contributed by atoms with E-state index >= 15 is 0 Å². The summed E-state index contributed by atoms with van der Waals surface area (Å²) in [5.41, 5.74) is -1.64. The van der Waals surface area contributed by atoms with E-state index in [1.165, 1.54) is 36.5 Å². The highest BCUT2D eigenvalue weighted by atomic mass is 35.5. The van der Waals surface area contributed by atoms with Crippen molar-refractivity contribution in [2.24, 2.45) is 0 Å². The number of hydrogen-bond acceptors (Lipinski definition) is 7. The molecule has 0 aliphatic carbocycles. The van der Waals surface area contributed by atoms with Gasteiger partial charge in [0.15, 0.2) is 5.95 Å². The third-order valence-corrected chi connectivity index (χ3v) is 8.11. The van der Waals surface area contributed by atoms with Crippen molar-refractivity contribution in [2.45, 2.75) is 29.8 Å². The van der Waals surface area contributed by atoms with Gasteiger partial charge >= 0.3 is 5.97 Å². The number of halogens is 2. The molecule has 1 unspecified atom stereocenters. The highest BCUT2D eigenvalue weighted by Crippen LogP contribution is 2.30. The summed E-state index contributed by atoms with van der Waals surface area (Å²) in [5, 5.41) is 22.5. The van der Waals surface area contributed by atoms with Gasteiger partial charge in [-0.25, -0.2) is 18.2 Å². The van der Waals surface area contributed by atoms with Crippen LogP contribution in [0.25, 0.3) is 10.9 Å². The number of carbonyl (C=O) groups is 2. The first kappa shape index (κ1) is 27.4. The number of rotatable bonds is 12. The van der Waals surface area contributed by atoms with Gasteiger partial charge in [-0.3, -0.25) is 9.89 Å². The molecule has 6 N–H and O–H groups in total. The molecule has 4 aromatic rings. The molecule has 2 aromatic heterocycles. The number of aliphatic carboxylic acids is 1. The number of carbonyl (C=O) groups excluding carboxylic acids is 1. The number of nitrogens with zero attached hydrogens (tertiary/aromatic N) is 2. The van der Waals surface area contributed by atoms with Gasteiger partial charge in [0.05, 0.1) is 21.8 Å². The van der Waals surface area contributed by atoms with Crippen LogP contribution in [-0.2, 0) is 14.8 Å². The maximum absolute atomic E-state index is 13.4. The van der Waals surface area contributed by atoms with Crippen LogP contribution in [0.3, 0.4) is 0 Å². The summed E-state index contributed by atoms with van der Waals surface area (Å²) in [6, 6.07) is 8.65. The smallest absolute Gasteiger partial charge is 0.345 e. The molecule has 4 rings (SSSR count). The lowest BCUT2D eigenvalue weighted by molar-refractivity contribution is -0.145. The first-order valence-electron chi connectivity index (χ1n) is 11.3. The number of anilines is 1. The largest absolute Gasteiger partial charge is 0.478 e. The molecular weight excluding hydrogens is 557 g/mol. The second kappa shape index (κ2) is 11.4. The molecule has 2 aromatic carbocycles. The molecule has 0 aliphatic rings. The highest BCUT2D eigenvalue weighted by Gasteiger charge is 2.44. The molecule has 0 saturated heterocycles.